The minimum Gasteiger partial charge on any atom is -0.0622 e. The summed E-state index contributed by atoms with van der Waals surface area (Å²) >= 11 is 1.82. The Morgan fingerprint density at radius 2 is 1.00 bits per heavy atom. The number of benzene rings is 5. The molecule has 5 aromatic carbocycles. The molecular formula is C43H45ClN2P2Ru. The van der Waals surface area contributed by atoms with Crippen LogP contribution in [0.15, 0.2) is 158 Å². The van der Waals surface area contributed by atoms with E-state index in [-0.39, 0.29) is 15.8 Å². The Bertz CT molecular complexity index is 1580. The Kier molecular flexibility index (Phi) is 17.4. The van der Waals surface area contributed by atoms with Crippen LogP contribution in [0, 0.1) is 13.0 Å². The van der Waals surface area contributed by atoms with Crippen molar-refractivity contribution < 1.29 is 17.3 Å². The largest absolute Gasteiger partial charge is 0.0622 e. The van der Waals surface area contributed by atoms with Crippen LogP contribution in [0.1, 0.15) is 24.1 Å². The fourth-order valence-electron chi connectivity index (χ4n) is 5.49. The van der Waals surface area contributed by atoms with Gasteiger partial charge in [0.1, 0.15) is 0 Å². The summed E-state index contributed by atoms with van der Waals surface area (Å²) in [5.41, 5.74) is 4.35. The molecule has 1 aromatic heterocycles. The molecule has 0 atom stereocenters. The zero-order valence-electron chi connectivity index (χ0n) is 28.6. The van der Waals surface area contributed by atoms with Crippen molar-refractivity contribution in [1.82, 2.24) is 9.88 Å². The summed E-state index contributed by atoms with van der Waals surface area (Å²) in [5, 5.41) is 5.97. The van der Waals surface area contributed by atoms with Crippen molar-refractivity contribution in [2.24, 2.45) is 0 Å². The van der Waals surface area contributed by atoms with Crippen molar-refractivity contribution >= 4 is 46.8 Å². The van der Waals surface area contributed by atoms with Gasteiger partial charge in [0.15, 0.2) is 0 Å². The van der Waals surface area contributed by atoms with Crippen molar-refractivity contribution in [2.45, 2.75) is 26.3 Å². The van der Waals surface area contributed by atoms with E-state index < -0.39 is 0 Å². The van der Waals surface area contributed by atoms with Crippen LogP contribution >= 0.6 is 25.5 Å². The standard InChI is InChI=1S/C28H28P2.C15H17N2.ClH.Ru/c1-5-15-25(16-6-1)29(26-17-7-2-8-18-26)23-13-14-24-30(27-19-9-3-10-20-27)28-21-11-4-12-22-28;1-12-7-9-13(10-8-12)15-6-4-5-14(16-15)11-17(2)3;;/h1-12,15-22H,13-14,23-24H2;4-9H,11H2,1-3H3;1H;/q;-1;;+2/p-1. The van der Waals surface area contributed by atoms with Gasteiger partial charge in [-0.2, -0.15) is 0 Å². The molecule has 6 heteroatoms. The normalized spacial score (nSPS) is 10.7. The van der Waals surface area contributed by atoms with Crippen LogP contribution in [0.2, 0.25) is 0 Å². The number of rotatable bonds is 12. The molecule has 6 rings (SSSR count). The van der Waals surface area contributed by atoms with E-state index >= 15 is 0 Å². The van der Waals surface area contributed by atoms with Crippen molar-refractivity contribution in [3.05, 3.63) is 175 Å². The van der Waals surface area contributed by atoms with E-state index in [4.69, 9.17) is 0 Å². The quantitative estimate of drug-likeness (QED) is 0.0532. The van der Waals surface area contributed by atoms with E-state index in [1.165, 1.54) is 51.9 Å². The third-order valence-corrected chi connectivity index (χ3v) is 13.0. The van der Waals surface area contributed by atoms with Crippen molar-refractivity contribution in [1.29, 1.82) is 0 Å². The molecule has 0 radical (unpaired) electrons. The van der Waals surface area contributed by atoms with E-state index in [1.807, 2.05) is 43.5 Å². The summed E-state index contributed by atoms with van der Waals surface area (Å²) in [6.07, 6.45) is 5.06. The minimum absolute atomic E-state index is 0.283. The van der Waals surface area contributed by atoms with Crippen molar-refractivity contribution in [3.8, 4) is 11.3 Å². The maximum absolute atomic E-state index is 4.64. The first kappa shape index (κ1) is 38.8. The number of pyridine rings is 1. The SMILES string of the molecule is Cc1c[c-]c(-c2cccc(CN(C)C)n2)cc1.[Cl][Ru+].c1ccc(P(CCCCP(c2ccccc2)c2ccccc2)c2ccccc2)cc1. The van der Waals surface area contributed by atoms with Crippen LogP contribution in [-0.4, -0.2) is 36.3 Å². The predicted molar refractivity (Wildman–Crippen MR) is 214 cm³/mol. The van der Waals surface area contributed by atoms with Gasteiger partial charge in [0.25, 0.3) is 0 Å². The summed E-state index contributed by atoms with van der Waals surface area (Å²) < 4.78 is 0. The number of hydrogen-bond donors (Lipinski definition) is 0. The molecule has 0 bridgehead atoms. The van der Waals surface area contributed by atoms with Crippen LogP contribution in [0.4, 0.5) is 0 Å². The van der Waals surface area contributed by atoms with Gasteiger partial charge in [-0.3, -0.25) is 4.98 Å². The Labute approximate surface area is 311 Å². The number of halogens is 1. The summed E-state index contributed by atoms with van der Waals surface area (Å²) in [7, 11) is 8.10. The molecule has 2 nitrogen and oxygen atoms in total. The summed E-state index contributed by atoms with van der Waals surface area (Å²) in [5.74, 6) is 0. The Morgan fingerprint density at radius 3 is 1.37 bits per heavy atom. The minimum atomic E-state index is -0.283. The molecule has 49 heavy (non-hydrogen) atoms. The number of aryl methyl sites for hydroxylation is 1. The zero-order valence-corrected chi connectivity index (χ0v) is 32.8. The van der Waals surface area contributed by atoms with Crippen LogP contribution in [-0.2, 0) is 23.9 Å². The Hall–Kier alpha value is -3.02. The summed E-state index contributed by atoms with van der Waals surface area (Å²) in [6, 6.07) is 59.9. The van der Waals surface area contributed by atoms with Gasteiger partial charge in [-0.25, -0.2) is 0 Å². The molecule has 0 saturated heterocycles. The molecule has 0 aliphatic rings. The van der Waals surface area contributed by atoms with Gasteiger partial charge in [0.05, 0.1) is 0 Å². The first-order valence-electron chi connectivity index (χ1n) is 16.5. The monoisotopic (exact) mass is 788 g/mol. The molecule has 252 valence electrons. The number of hydrogen-bond acceptors (Lipinski definition) is 2. The van der Waals surface area contributed by atoms with E-state index in [2.05, 4.69) is 178 Å². The van der Waals surface area contributed by atoms with Crippen LogP contribution < -0.4 is 21.2 Å². The van der Waals surface area contributed by atoms with E-state index in [9.17, 15) is 0 Å². The summed E-state index contributed by atoms with van der Waals surface area (Å²) in [6.45, 7) is 2.93. The summed E-state index contributed by atoms with van der Waals surface area (Å²) in [4.78, 5) is 6.76. The number of aromatic nitrogens is 1. The number of nitrogens with zero attached hydrogens (tertiary/aromatic N) is 2. The number of unbranched alkanes of at least 4 members (excludes halogenated alkanes) is 1. The molecule has 1 heterocycles. The maximum atomic E-state index is 4.64. The first-order chi connectivity index (χ1) is 24.1. The zero-order chi connectivity index (χ0) is 34.7. The van der Waals surface area contributed by atoms with Gasteiger partial charge in [0, 0.05) is 12.2 Å². The second kappa shape index (κ2) is 21.9. The Balaban J connectivity index is 0.000000241. The van der Waals surface area contributed by atoms with E-state index in [0.717, 1.165) is 23.5 Å². The van der Waals surface area contributed by atoms with Crippen molar-refractivity contribution in [2.75, 3.05) is 26.4 Å². The third kappa shape index (κ3) is 13.0. The fourth-order valence-corrected chi connectivity index (χ4v) is 10.3. The van der Waals surface area contributed by atoms with Gasteiger partial charge in [-0.1, -0.05) is 140 Å². The molecule has 0 unspecified atom stereocenters. The molecule has 0 aliphatic carbocycles. The van der Waals surface area contributed by atoms with Gasteiger partial charge in [-0.05, 0) is 88.1 Å². The van der Waals surface area contributed by atoms with Crippen LogP contribution in [0.25, 0.3) is 11.3 Å². The fraction of sp³-hybridized carbons (Fsp3) is 0.186. The average Bonchev–Trinajstić information content (AvgIpc) is 3.16. The second-order valence-electron chi connectivity index (χ2n) is 11.9. The van der Waals surface area contributed by atoms with Gasteiger partial charge in [0.2, 0.25) is 0 Å². The van der Waals surface area contributed by atoms with Gasteiger partial charge >= 0.3 is 27.0 Å². The molecule has 0 fully saturated rings. The Morgan fingerprint density at radius 1 is 0.571 bits per heavy atom. The van der Waals surface area contributed by atoms with E-state index in [0.29, 0.717) is 0 Å². The molecule has 0 spiro atoms. The smallest absolute Gasteiger partial charge is 0.0195 e. The van der Waals surface area contributed by atoms with Crippen molar-refractivity contribution in [3.63, 3.8) is 0 Å². The molecular weight excluding hydrogens is 743 g/mol. The third-order valence-electron chi connectivity index (χ3n) is 7.81. The predicted octanol–water partition coefficient (Wildman–Crippen LogP) is 9.64. The molecule has 0 aliphatic heterocycles. The first-order valence-corrected chi connectivity index (χ1v) is 21.8. The van der Waals surface area contributed by atoms with Crippen LogP contribution in [0.3, 0.4) is 0 Å². The maximum Gasteiger partial charge on any atom is -0.0195 e. The molecule has 0 amide bonds. The molecule has 0 N–H and O–H groups in total. The molecule has 0 saturated carbocycles. The molecule has 6 aromatic rings. The average molecular weight is 788 g/mol. The van der Waals surface area contributed by atoms with Gasteiger partial charge < -0.3 is 4.90 Å². The van der Waals surface area contributed by atoms with Gasteiger partial charge in [-0.15, -0.1) is 35.4 Å². The second-order valence-corrected chi connectivity index (χ2v) is 16.6. The topological polar surface area (TPSA) is 16.1 Å². The van der Waals surface area contributed by atoms with E-state index in [1.54, 1.807) is 0 Å². The van der Waals surface area contributed by atoms with Crippen LogP contribution in [0.5, 0.6) is 0 Å².